The molecule has 0 spiro atoms. The molecule has 2 heterocycles. The summed E-state index contributed by atoms with van der Waals surface area (Å²) in [6.45, 7) is 0.622. The topological polar surface area (TPSA) is 92.0 Å². The van der Waals surface area contributed by atoms with Crippen LogP contribution in [0.2, 0.25) is 0 Å². The van der Waals surface area contributed by atoms with Gasteiger partial charge < -0.3 is 19.6 Å². The van der Waals surface area contributed by atoms with Crippen molar-refractivity contribution in [1.82, 2.24) is 10.2 Å². The van der Waals surface area contributed by atoms with Crippen LogP contribution in [0.3, 0.4) is 0 Å². The van der Waals surface area contributed by atoms with Crippen molar-refractivity contribution in [3.05, 3.63) is 24.2 Å². The van der Waals surface area contributed by atoms with E-state index in [2.05, 4.69) is 10.1 Å². The Hall–Kier alpha value is -1.86. The molecule has 7 heteroatoms. The van der Waals surface area contributed by atoms with Crippen LogP contribution in [0, 0.1) is 0 Å². The maximum atomic E-state index is 11.8. The van der Waals surface area contributed by atoms with Crippen molar-refractivity contribution in [2.24, 2.45) is 0 Å². The quantitative estimate of drug-likeness (QED) is 0.708. The molecule has 0 aliphatic carbocycles. The molecule has 20 heavy (non-hydrogen) atoms. The zero-order chi connectivity index (χ0) is 14.5. The number of rotatable bonds is 5. The van der Waals surface area contributed by atoms with Gasteiger partial charge in [0, 0.05) is 13.0 Å². The Bertz CT molecular complexity index is 459. The van der Waals surface area contributed by atoms with Gasteiger partial charge in [-0.3, -0.25) is 14.5 Å². The Kier molecular flexibility index (Phi) is 4.75. The summed E-state index contributed by atoms with van der Waals surface area (Å²) in [5, 5.41) is 12.3. The SMILES string of the molecule is COC(=O)C1CC(O)CN1CC(=O)NCc1ccco1. The van der Waals surface area contributed by atoms with E-state index in [1.807, 2.05) is 0 Å². The number of nitrogens with zero attached hydrogens (tertiary/aromatic N) is 1. The fourth-order valence-corrected chi connectivity index (χ4v) is 2.27. The number of likely N-dealkylation sites (tertiary alicyclic amines) is 1. The molecular formula is C13H18N2O5. The zero-order valence-corrected chi connectivity index (χ0v) is 11.2. The van der Waals surface area contributed by atoms with E-state index in [1.54, 1.807) is 17.0 Å². The second-order valence-electron chi connectivity index (χ2n) is 4.71. The highest BCUT2D eigenvalue weighted by molar-refractivity contribution is 5.80. The molecule has 7 nitrogen and oxygen atoms in total. The van der Waals surface area contributed by atoms with E-state index < -0.39 is 18.1 Å². The fraction of sp³-hybridized carbons (Fsp3) is 0.538. The number of nitrogens with one attached hydrogen (secondary N) is 1. The van der Waals surface area contributed by atoms with Crippen molar-refractivity contribution in [2.45, 2.75) is 25.1 Å². The van der Waals surface area contributed by atoms with E-state index in [9.17, 15) is 14.7 Å². The minimum atomic E-state index is -0.614. The largest absolute Gasteiger partial charge is 0.468 e. The van der Waals surface area contributed by atoms with E-state index >= 15 is 0 Å². The molecule has 2 rings (SSSR count). The molecule has 0 aromatic carbocycles. The predicted octanol–water partition coefficient (Wildman–Crippen LogP) is -0.496. The van der Waals surface area contributed by atoms with Gasteiger partial charge in [-0.1, -0.05) is 0 Å². The third-order valence-electron chi connectivity index (χ3n) is 3.24. The second kappa shape index (κ2) is 6.53. The number of amides is 1. The van der Waals surface area contributed by atoms with Gasteiger partial charge in [0.05, 0.1) is 32.6 Å². The molecule has 1 saturated heterocycles. The summed E-state index contributed by atoms with van der Waals surface area (Å²) in [7, 11) is 1.29. The molecule has 1 aromatic rings. The van der Waals surface area contributed by atoms with Gasteiger partial charge in [0.15, 0.2) is 0 Å². The van der Waals surface area contributed by atoms with E-state index in [-0.39, 0.29) is 25.4 Å². The summed E-state index contributed by atoms with van der Waals surface area (Å²) >= 11 is 0. The molecule has 2 atom stereocenters. The highest BCUT2D eigenvalue weighted by Crippen LogP contribution is 2.18. The van der Waals surface area contributed by atoms with Crippen molar-refractivity contribution >= 4 is 11.9 Å². The van der Waals surface area contributed by atoms with Crippen molar-refractivity contribution in [2.75, 3.05) is 20.2 Å². The molecule has 0 radical (unpaired) electrons. The number of hydrogen-bond donors (Lipinski definition) is 2. The number of ether oxygens (including phenoxy) is 1. The predicted molar refractivity (Wildman–Crippen MR) is 68.6 cm³/mol. The number of aliphatic hydroxyl groups excluding tert-OH is 1. The summed E-state index contributed by atoms with van der Waals surface area (Å²) in [6.07, 6.45) is 1.21. The third-order valence-corrected chi connectivity index (χ3v) is 3.24. The summed E-state index contributed by atoms with van der Waals surface area (Å²) < 4.78 is 9.78. The van der Waals surface area contributed by atoms with Crippen molar-refractivity contribution in [3.8, 4) is 0 Å². The first kappa shape index (κ1) is 14.5. The Labute approximate surface area is 116 Å². The zero-order valence-electron chi connectivity index (χ0n) is 11.2. The fourth-order valence-electron chi connectivity index (χ4n) is 2.27. The van der Waals surface area contributed by atoms with E-state index in [0.717, 1.165) is 0 Å². The first-order valence-electron chi connectivity index (χ1n) is 6.39. The van der Waals surface area contributed by atoms with Crippen LogP contribution in [0.15, 0.2) is 22.8 Å². The molecule has 2 unspecified atom stereocenters. The molecule has 2 N–H and O–H groups in total. The monoisotopic (exact) mass is 282 g/mol. The van der Waals surface area contributed by atoms with E-state index in [4.69, 9.17) is 4.42 Å². The number of β-amino-alcohol motifs (C(OH)–C–C–N with tert-alkyl or cyclic N) is 1. The number of esters is 1. The highest BCUT2D eigenvalue weighted by atomic mass is 16.5. The van der Waals surface area contributed by atoms with Gasteiger partial charge in [0.2, 0.25) is 5.91 Å². The highest BCUT2D eigenvalue weighted by Gasteiger charge is 2.37. The lowest BCUT2D eigenvalue weighted by molar-refractivity contribution is -0.146. The summed E-state index contributed by atoms with van der Waals surface area (Å²) in [4.78, 5) is 25.0. The van der Waals surface area contributed by atoms with Gasteiger partial charge in [-0.05, 0) is 12.1 Å². The average Bonchev–Trinajstić information content (AvgIpc) is 3.05. The number of carbonyl (C=O) groups is 2. The number of aliphatic hydroxyl groups is 1. The Morgan fingerprint density at radius 3 is 3.05 bits per heavy atom. The van der Waals surface area contributed by atoms with Crippen LogP contribution in [0.1, 0.15) is 12.2 Å². The number of hydrogen-bond acceptors (Lipinski definition) is 6. The third kappa shape index (κ3) is 3.58. The van der Waals surface area contributed by atoms with Crippen LogP contribution in [0.5, 0.6) is 0 Å². The Balaban J connectivity index is 1.84. The van der Waals surface area contributed by atoms with Crippen molar-refractivity contribution in [3.63, 3.8) is 0 Å². The number of carbonyl (C=O) groups excluding carboxylic acids is 2. The molecule has 0 bridgehead atoms. The van der Waals surface area contributed by atoms with Crippen LogP contribution in [0.4, 0.5) is 0 Å². The Morgan fingerprint density at radius 2 is 2.40 bits per heavy atom. The van der Waals surface area contributed by atoms with E-state index in [0.29, 0.717) is 12.3 Å². The average molecular weight is 282 g/mol. The Morgan fingerprint density at radius 1 is 1.60 bits per heavy atom. The van der Waals surface area contributed by atoms with Crippen LogP contribution in [-0.4, -0.2) is 54.2 Å². The first-order chi connectivity index (χ1) is 9.60. The van der Waals surface area contributed by atoms with Crippen molar-refractivity contribution < 1.29 is 23.8 Å². The molecule has 1 aliphatic heterocycles. The molecule has 1 aliphatic rings. The minimum Gasteiger partial charge on any atom is -0.468 e. The number of furan rings is 1. The lowest BCUT2D eigenvalue weighted by Gasteiger charge is -2.21. The van der Waals surface area contributed by atoms with Crippen molar-refractivity contribution in [1.29, 1.82) is 0 Å². The minimum absolute atomic E-state index is 0.0392. The van der Waals surface area contributed by atoms with Crippen LogP contribution in [-0.2, 0) is 20.9 Å². The summed E-state index contributed by atoms with van der Waals surface area (Å²) in [5.74, 6) is -0.00545. The molecule has 0 saturated carbocycles. The van der Waals surface area contributed by atoms with Gasteiger partial charge in [-0.25, -0.2) is 0 Å². The first-order valence-corrected chi connectivity index (χ1v) is 6.39. The van der Waals surface area contributed by atoms with Crippen LogP contribution < -0.4 is 5.32 Å². The second-order valence-corrected chi connectivity index (χ2v) is 4.71. The standard InChI is InChI=1S/C13H18N2O5/c1-19-13(18)11-5-9(16)7-15(11)8-12(17)14-6-10-3-2-4-20-10/h2-4,9,11,16H,5-8H2,1H3,(H,14,17). The smallest absolute Gasteiger partial charge is 0.323 e. The molecular weight excluding hydrogens is 264 g/mol. The van der Waals surface area contributed by atoms with Gasteiger partial charge in [0.1, 0.15) is 11.8 Å². The van der Waals surface area contributed by atoms with Crippen LogP contribution >= 0.6 is 0 Å². The maximum absolute atomic E-state index is 11.8. The lowest BCUT2D eigenvalue weighted by Crippen LogP contribution is -2.43. The summed E-state index contributed by atoms with van der Waals surface area (Å²) in [6, 6.07) is 2.94. The maximum Gasteiger partial charge on any atom is 0.323 e. The van der Waals surface area contributed by atoms with Gasteiger partial charge in [-0.15, -0.1) is 0 Å². The van der Waals surface area contributed by atoms with Gasteiger partial charge in [0.25, 0.3) is 0 Å². The molecule has 1 amide bonds. The normalized spacial score (nSPS) is 22.7. The molecule has 110 valence electrons. The van der Waals surface area contributed by atoms with E-state index in [1.165, 1.54) is 13.4 Å². The number of methoxy groups -OCH3 is 1. The lowest BCUT2D eigenvalue weighted by atomic mass is 10.2. The molecule has 1 aromatic heterocycles. The van der Waals surface area contributed by atoms with Gasteiger partial charge in [-0.2, -0.15) is 0 Å². The van der Waals surface area contributed by atoms with Crippen LogP contribution in [0.25, 0.3) is 0 Å². The summed E-state index contributed by atoms with van der Waals surface area (Å²) in [5.41, 5.74) is 0. The molecule has 1 fully saturated rings. The van der Waals surface area contributed by atoms with Gasteiger partial charge >= 0.3 is 5.97 Å².